The Morgan fingerprint density at radius 3 is 2.82 bits per heavy atom. The normalized spacial score (nSPS) is 22.6. The zero-order valence-corrected chi connectivity index (χ0v) is 13.3. The molecule has 0 spiro atoms. The topological polar surface area (TPSA) is 81.7 Å². The summed E-state index contributed by atoms with van der Waals surface area (Å²) in [6.07, 6.45) is 8.92. The van der Waals surface area contributed by atoms with Gasteiger partial charge in [0.15, 0.2) is 5.82 Å². The van der Waals surface area contributed by atoms with Crippen LogP contribution in [0.4, 0.5) is 0 Å². The highest BCUT2D eigenvalue weighted by molar-refractivity contribution is 5.85. The number of hydrogen-bond acceptors (Lipinski definition) is 6. The van der Waals surface area contributed by atoms with Crippen LogP contribution in [0.15, 0.2) is 10.9 Å². The Morgan fingerprint density at radius 2 is 2.05 bits per heavy atom. The monoisotopic (exact) mass is 324 g/mol. The second-order valence-corrected chi connectivity index (χ2v) is 5.99. The smallest absolute Gasteiger partial charge is 0.297 e. The number of hydrogen-bond donors (Lipinski definition) is 1. The van der Waals surface area contributed by atoms with Crippen molar-refractivity contribution in [3.05, 3.63) is 12.2 Å². The van der Waals surface area contributed by atoms with Crippen LogP contribution in [0.5, 0.6) is 0 Å². The average molecular weight is 325 g/mol. The Balaban J connectivity index is 0.00000144. The van der Waals surface area contributed by atoms with Crippen molar-refractivity contribution in [2.24, 2.45) is 0 Å². The zero-order valence-electron chi connectivity index (χ0n) is 12.4. The molecule has 0 amide bonds. The van der Waals surface area contributed by atoms with E-state index >= 15 is 0 Å². The minimum Gasteiger partial charge on any atom is -0.330 e. The molecular formula is C14H21ClN6O. The Bertz CT molecular complexity index is 600. The molecule has 0 radical (unpaired) electrons. The first-order valence-corrected chi connectivity index (χ1v) is 7.86. The Morgan fingerprint density at radius 1 is 1.18 bits per heavy atom. The standard InChI is InChI=1S/C14H20N6O.ClH/c1-2-5-10(4-1)12-17-14(21-19-12)13-16-9-20(18-13)11-6-3-7-15-8-11;/h9-11,15H,1-8H2;1H. The molecule has 1 unspecified atom stereocenters. The summed E-state index contributed by atoms with van der Waals surface area (Å²) in [6.45, 7) is 2.03. The third-order valence-electron chi connectivity index (χ3n) is 4.51. The molecular weight excluding hydrogens is 304 g/mol. The predicted octanol–water partition coefficient (Wildman–Crippen LogP) is 2.33. The molecule has 0 bridgehead atoms. The number of nitrogens with zero attached hydrogens (tertiary/aromatic N) is 5. The van der Waals surface area contributed by atoms with Crippen molar-refractivity contribution in [3.63, 3.8) is 0 Å². The van der Waals surface area contributed by atoms with Crippen LogP contribution in [-0.4, -0.2) is 38.0 Å². The summed E-state index contributed by atoms with van der Waals surface area (Å²) in [6, 6.07) is 0.372. The largest absolute Gasteiger partial charge is 0.330 e. The first-order chi connectivity index (χ1) is 10.4. The lowest BCUT2D eigenvalue weighted by molar-refractivity contribution is 0.345. The van der Waals surface area contributed by atoms with Gasteiger partial charge >= 0.3 is 0 Å². The zero-order chi connectivity index (χ0) is 14.1. The molecule has 1 aliphatic heterocycles. The van der Waals surface area contributed by atoms with E-state index in [1.165, 1.54) is 19.3 Å². The Kier molecular flexibility index (Phi) is 4.73. The lowest BCUT2D eigenvalue weighted by atomic mass is 10.1. The number of piperidine rings is 1. The maximum Gasteiger partial charge on any atom is 0.297 e. The first-order valence-electron chi connectivity index (χ1n) is 7.86. The summed E-state index contributed by atoms with van der Waals surface area (Å²) < 4.78 is 7.27. The van der Waals surface area contributed by atoms with Crippen molar-refractivity contribution in [2.75, 3.05) is 13.1 Å². The van der Waals surface area contributed by atoms with E-state index in [0.29, 0.717) is 23.7 Å². The minimum atomic E-state index is 0. The average Bonchev–Trinajstić information content (AvgIpc) is 3.27. The van der Waals surface area contributed by atoms with Gasteiger partial charge in [-0.05, 0) is 32.2 Å². The Hall–Kier alpha value is -1.47. The molecule has 2 aromatic rings. The lowest BCUT2D eigenvalue weighted by Gasteiger charge is -2.22. The molecule has 7 nitrogen and oxygen atoms in total. The van der Waals surface area contributed by atoms with Gasteiger partial charge in [-0.2, -0.15) is 4.98 Å². The highest BCUT2D eigenvalue weighted by Crippen LogP contribution is 2.33. The number of rotatable bonds is 3. The molecule has 4 rings (SSSR count). The van der Waals surface area contributed by atoms with E-state index in [4.69, 9.17) is 4.52 Å². The van der Waals surface area contributed by atoms with Gasteiger partial charge in [0.2, 0.25) is 5.82 Å². The molecule has 1 saturated carbocycles. The van der Waals surface area contributed by atoms with Crippen LogP contribution in [0.2, 0.25) is 0 Å². The second-order valence-electron chi connectivity index (χ2n) is 5.99. The number of aromatic nitrogens is 5. The van der Waals surface area contributed by atoms with Gasteiger partial charge in [-0.25, -0.2) is 9.67 Å². The molecule has 2 aromatic heterocycles. The molecule has 8 heteroatoms. The van der Waals surface area contributed by atoms with Crippen molar-refractivity contribution in [2.45, 2.75) is 50.5 Å². The fourth-order valence-corrected chi connectivity index (χ4v) is 3.28. The van der Waals surface area contributed by atoms with E-state index in [9.17, 15) is 0 Å². The quantitative estimate of drug-likeness (QED) is 0.933. The fraction of sp³-hybridized carbons (Fsp3) is 0.714. The van der Waals surface area contributed by atoms with Gasteiger partial charge in [0.05, 0.1) is 6.04 Å². The van der Waals surface area contributed by atoms with Crippen LogP contribution in [0.25, 0.3) is 11.7 Å². The molecule has 120 valence electrons. The van der Waals surface area contributed by atoms with Gasteiger partial charge in [0, 0.05) is 12.5 Å². The molecule has 1 saturated heterocycles. The van der Waals surface area contributed by atoms with Crippen molar-refractivity contribution in [3.8, 4) is 11.7 Å². The summed E-state index contributed by atoms with van der Waals surface area (Å²) in [4.78, 5) is 8.82. The van der Waals surface area contributed by atoms with Gasteiger partial charge in [0.25, 0.3) is 5.89 Å². The molecule has 2 aliphatic rings. The van der Waals surface area contributed by atoms with Crippen LogP contribution in [0.1, 0.15) is 56.3 Å². The third kappa shape index (κ3) is 3.01. The molecule has 1 N–H and O–H groups in total. The predicted molar refractivity (Wildman–Crippen MR) is 82.9 cm³/mol. The Labute approximate surface area is 135 Å². The van der Waals surface area contributed by atoms with E-state index in [1.807, 2.05) is 4.68 Å². The SMILES string of the molecule is Cl.c1nc(-c2nc(C3CCCC3)no2)nn1C1CCCNC1. The van der Waals surface area contributed by atoms with Gasteiger partial charge in [-0.3, -0.25) is 0 Å². The van der Waals surface area contributed by atoms with Crippen molar-refractivity contribution in [1.29, 1.82) is 0 Å². The fourth-order valence-electron chi connectivity index (χ4n) is 3.28. The summed E-state index contributed by atoms with van der Waals surface area (Å²) in [5.74, 6) is 2.25. The molecule has 22 heavy (non-hydrogen) atoms. The molecule has 2 fully saturated rings. The summed E-state index contributed by atoms with van der Waals surface area (Å²) >= 11 is 0. The highest BCUT2D eigenvalue weighted by atomic mass is 35.5. The van der Waals surface area contributed by atoms with Crippen LogP contribution in [0, 0.1) is 0 Å². The maximum absolute atomic E-state index is 5.35. The summed E-state index contributed by atoms with van der Waals surface area (Å²) in [7, 11) is 0. The lowest BCUT2D eigenvalue weighted by Crippen LogP contribution is -2.31. The van der Waals surface area contributed by atoms with E-state index < -0.39 is 0 Å². The van der Waals surface area contributed by atoms with Gasteiger partial charge in [-0.1, -0.05) is 18.0 Å². The number of halogens is 1. The third-order valence-corrected chi connectivity index (χ3v) is 4.51. The minimum absolute atomic E-state index is 0. The van der Waals surface area contributed by atoms with Crippen molar-refractivity contribution < 1.29 is 4.52 Å². The molecule has 3 heterocycles. The van der Waals surface area contributed by atoms with Crippen molar-refractivity contribution >= 4 is 12.4 Å². The highest BCUT2D eigenvalue weighted by Gasteiger charge is 2.24. The van der Waals surface area contributed by atoms with E-state index in [-0.39, 0.29) is 12.4 Å². The summed E-state index contributed by atoms with van der Waals surface area (Å²) in [5.41, 5.74) is 0. The molecule has 0 aromatic carbocycles. The van der Waals surface area contributed by atoms with E-state index in [0.717, 1.165) is 38.2 Å². The van der Waals surface area contributed by atoms with Crippen LogP contribution < -0.4 is 5.32 Å². The van der Waals surface area contributed by atoms with Gasteiger partial charge in [0.1, 0.15) is 6.33 Å². The van der Waals surface area contributed by atoms with Crippen LogP contribution in [0.3, 0.4) is 0 Å². The first kappa shape index (κ1) is 15.4. The van der Waals surface area contributed by atoms with E-state index in [2.05, 4.69) is 25.5 Å². The van der Waals surface area contributed by atoms with Crippen LogP contribution >= 0.6 is 12.4 Å². The van der Waals surface area contributed by atoms with Crippen LogP contribution in [-0.2, 0) is 0 Å². The summed E-state index contributed by atoms with van der Waals surface area (Å²) in [5, 5.41) is 12.0. The second kappa shape index (κ2) is 6.75. The van der Waals surface area contributed by atoms with Crippen molar-refractivity contribution in [1.82, 2.24) is 30.2 Å². The number of nitrogens with one attached hydrogen (secondary N) is 1. The van der Waals surface area contributed by atoms with Gasteiger partial charge in [-0.15, -0.1) is 17.5 Å². The molecule has 1 atom stereocenters. The molecule has 1 aliphatic carbocycles. The van der Waals surface area contributed by atoms with E-state index in [1.54, 1.807) is 6.33 Å². The van der Waals surface area contributed by atoms with Gasteiger partial charge < -0.3 is 9.84 Å². The maximum atomic E-state index is 5.35.